The van der Waals surface area contributed by atoms with Crippen LogP contribution in [0, 0.1) is 5.41 Å². The van der Waals surface area contributed by atoms with Crippen LogP contribution in [-0.2, 0) is 0 Å². The van der Waals surface area contributed by atoms with E-state index in [1.807, 2.05) is 5.57 Å². The van der Waals surface area contributed by atoms with Gasteiger partial charge in [0.25, 0.3) is 0 Å². The normalized spacial score (nSPS) is 18.3. The van der Waals surface area contributed by atoms with Crippen molar-refractivity contribution in [3.8, 4) is 0 Å². The molecule has 1 rings (SSSR count). The zero-order chi connectivity index (χ0) is 19.3. The summed E-state index contributed by atoms with van der Waals surface area (Å²) in [6, 6.07) is 0. The summed E-state index contributed by atoms with van der Waals surface area (Å²) in [6.07, 6.45) is 21.3. The molecule has 0 nitrogen and oxygen atoms in total. The van der Waals surface area contributed by atoms with E-state index in [0.29, 0.717) is 5.41 Å². The van der Waals surface area contributed by atoms with Crippen molar-refractivity contribution in [1.29, 1.82) is 0 Å². The first kappa shape index (κ1) is 24.1. The molecule has 154 valence electrons. The van der Waals surface area contributed by atoms with Crippen molar-refractivity contribution in [1.82, 2.24) is 0 Å². The van der Waals surface area contributed by atoms with Gasteiger partial charge in [-0.25, -0.2) is 0 Å². The lowest BCUT2D eigenvalue weighted by Gasteiger charge is -2.39. The molecule has 0 saturated carbocycles. The molecule has 0 spiro atoms. The largest absolute Gasteiger partial charge is 0.154 e. The average Bonchev–Trinajstić information content (AvgIpc) is 2.58. The first-order chi connectivity index (χ1) is 12.5. The SMILES string of the molecule is CCCCCCCCCCCCSC(CCC)C1=C(C)CCCC1(C)C. The van der Waals surface area contributed by atoms with E-state index in [1.165, 1.54) is 102 Å². The summed E-state index contributed by atoms with van der Waals surface area (Å²) < 4.78 is 0. The van der Waals surface area contributed by atoms with E-state index >= 15 is 0 Å². The minimum Gasteiger partial charge on any atom is -0.154 e. The molecule has 0 amide bonds. The van der Waals surface area contributed by atoms with Crippen molar-refractivity contribution in [2.75, 3.05) is 5.75 Å². The standard InChI is InChI=1S/C25H48S/c1-6-8-9-10-11-12-13-14-15-16-21-26-23(18-7-2)24-22(3)19-17-20-25(24,4)5/h23H,6-21H2,1-5H3. The molecule has 0 radical (unpaired) electrons. The fraction of sp³-hybridized carbons (Fsp3) is 0.920. The van der Waals surface area contributed by atoms with Crippen LogP contribution in [0.15, 0.2) is 11.1 Å². The number of unbranched alkanes of at least 4 members (excludes halogenated alkanes) is 9. The third-order valence-corrected chi connectivity index (χ3v) is 7.63. The fourth-order valence-corrected chi connectivity index (χ4v) is 6.49. The average molecular weight is 381 g/mol. The molecule has 1 unspecified atom stereocenters. The zero-order valence-electron chi connectivity index (χ0n) is 18.8. The molecule has 1 heteroatoms. The highest BCUT2D eigenvalue weighted by Crippen LogP contribution is 2.46. The number of hydrogen-bond acceptors (Lipinski definition) is 1. The zero-order valence-corrected chi connectivity index (χ0v) is 19.6. The summed E-state index contributed by atoms with van der Waals surface area (Å²) in [6.45, 7) is 12.1. The number of allylic oxidation sites excluding steroid dienone is 1. The van der Waals surface area contributed by atoms with Gasteiger partial charge in [-0.1, -0.05) is 103 Å². The number of hydrogen-bond donors (Lipinski definition) is 0. The van der Waals surface area contributed by atoms with Crippen molar-refractivity contribution in [2.24, 2.45) is 5.41 Å². The molecule has 0 aliphatic heterocycles. The van der Waals surface area contributed by atoms with E-state index in [-0.39, 0.29) is 0 Å². The Bertz CT molecular complexity index is 380. The highest BCUT2D eigenvalue weighted by Gasteiger charge is 2.33. The van der Waals surface area contributed by atoms with Crippen LogP contribution < -0.4 is 0 Å². The van der Waals surface area contributed by atoms with Gasteiger partial charge in [-0.05, 0) is 50.2 Å². The maximum absolute atomic E-state index is 2.49. The summed E-state index contributed by atoms with van der Waals surface area (Å²) in [7, 11) is 0. The van der Waals surface area contributed by atoms with E-state index < -0.39 is 0 Å². The third kappa shape index (κ3) is 9.34. The third-order valence-electron chi connectivity index (χ3n) is 6.23. The van der Waals surface area contributed by atoms with Crippen LogP contribution in [0.5, 0.6) is 0 Å². The molecule has 0 aromatic rings. The van der Waals surface area contributed by atoms with E-state index in [4.69, 9.17) is 0 Å². The van der Waals surface area contributed by atoms with Gasteiger partial charge in [0.15, 0.2) is 0 Å². The Morgan fingerprint density at radius 1 is 0.846 bits per heavy atom. The van der Waals surface area contributed by atoms with Crippen LogP contribution in [0.25, 0.3) is 0 Å². The van der Waals surface area contributed by atoms with Gasteiger partial charge in [0.2, 0.25) is 0 Å². The molecule has 1 aliphatic rings. The number of thioether (sulfide) groups is 1. The van der Waals surface area contributed by atoms with Crippen LogP contribution >= 0.6 is 11.8 Å². The minimum absolute atomic E-state index is 0.437. The molecule has 0 aromatic heterocycles. The molecule has 0 fully saturated rings. The van der Waals surface area contributed by atoms with Crippen LogP contribution in [0.4, 0.5) is 0 Å². The summed E-state index contributed by atoms with van der Waals surface area (Å²) in [5.41, 5.74) is 3.98. The predicted molar refractivity (Wildman–Crippen MR) is 123 cm³/mol. The van der Waals surface area contributed by atoms with Gasteiger partial charge in [-0.15, -0.1) is 0 Å². The van der Waals surface area contributed by atoms with E-state index in [0.717, 1.165) is 5.25 Å². The first-order valence-corrected chi connectivity index (χ1v) is 12.9. The summed E-state index contributed by atoms with van der Waals surface area (Å²) in [4.78, 5) is 0. The predicted octanol–water partition coefficient (Wildman–Crippen LogP) is 9.34. The maximum Gasteiger partial charge on any atom is 0.0264 e. The smallest absolute Gasteiger partial charge is 0.0264 e. The molecule has 0 bridgehead atoms. The Hall–Kier alpha value is 0.0900. The molecule has 0 aromatic carbocycles. The summed E-state index contributed by atoms with van der Waals surface area (Å²) in [5, 5.41) is 0.786. The highest BCUT2D eigenvalue weighted by molar-refractivity contribution is 8.00. The topological polar surface area (TPSA) is 0 Å². The van der Waals surface area contributed by atoms with Crippen molar-refractivity contribution in [2.45, 2.75) is 136 Å². The minimum atomic E-state index is 0.437. The van der Waals surface area contributed by atoms with Gasteiger partial charge in [0, 0.05) is 5.25 Å². The van der Waals surface area contributed by atoms with Gasteiger partial charge in [0.05, 0.1) is 0 Å². The fourth-order valence-electron chi connectivity index (χ4n) is 4.74. The lowest BCUT2D eigenvalue weighted by Crippen LogP contribution is -2.27. The lowest BCUT2D eigenvalue weighted by atomic mass is 9.71. The molecule has 26 heavy (non-hydrogen) atoms. The van der Waals surface area contributed by atoms with Crippen molar-refractivity contribution < 1.29 is 0 Å². The Balaban J connectivity index is 2.22. The molecular formula is C25H48S. The van der Waals surface area contributed by atoms with Crippen molar-refractivity contribution in [3.05, 3.63) is 11.1 Å². The summed E-state index contributed by atoms with van der Waals surface area (Å²) in [5.74, 6) is 1.37. The molecule has 0 saturated heterocycles. The quantitative estimate of drug-likeness (QED) is 0.201. The Morgan fingerprint density at radius 3 is 1.96 bits per heavy atom. The second kappa shape index (κ2) is 14.1. The van der Waals surface area contributed by atoms with Crippen LogP contribution in [0.2, 0.25) is 0 Å². The molecular weight excluding hydrogens is 332 g/mol. The van der Waals surface area contributed by atoms with Crippen molar-refractivity contribution in [3.63, 3.8) is 0 Å². The van der Waals surface area contributed by atoms with Crippen LogP contribution in [-0.4, -0.2) is 11.0 Å². The first-order valence-electron chi connectivity index (χ1n) is 11.8. The maximum atomic E-state index is 2.49. The molecule has 1 aliphatic carbocycles. The van der Waals surface area contributed by atoms with E-state index in [2.05, 4.69) is 46.4 Å². The summed E-state index contributed by atoms with van der Waals surface area (Å²) >= 11 is 2.28. The monoisotopic (exact) mass is 380 g/mol. The van der Waals surface area contributed by atoms with Gasteiger partial charge in [-0.3, -0.25) is 0 Å². The van der Waals surface area contributed by atoms with Gasteiger partial charge in [-0.2, -0.15) is 11.8 Å². The second-order valence-corrected chi connectivity index (χ2v) is 10.6. The van der Waals surface area contributed by atoms with Gasteiger partial charge >= 0.3 is 0 Å². The van der Waals surface area contributed by atoms with Crippen LogP contribution in [0.1, 0.15) is 131 Å². The Kier molecular flexibility index (Phi) is 13.1. The molecule has 0 N–H and O–H groups in total. The highest BCUT2D eigenvalue weighted by atomic mass is 32.2. The van der Waals surface area contributed by atoms with E-state index in [1.54, 1.807) is 5.57 Å². The van der Waals surface area contributed by atoms with Gasteiger partial charge < -0.3 is 0 Å². The lowest BCUT2D eigenvalue weighted by molar-refractivity contribution is 0.354. The number of rotatable bonds is 15. The molecule has 1 atom stereocenters. The van der Waals surface area contributed by atoms with Crippen molar-refractivity contribution >= 4 is 11.8 Å². The Morgan fingerprint density at radius 2 is 1.42 bits per heavy atom. The van der Waals surface area contributed by atoms with E-state index in [9.17, 15) is 0 Å². The van der Waals surface area contributed by atoms with Gasteiger partial charge in [0.1, 0.15) is 0 Å². The Labute approximate surface area is 170 Å². The second-order valence-electron chi connectivity index (χ2n) is 9.26. The molecule has 0 heterocycles. The van der Waals surface area contributed by atoms with Crippen LogP contribution in [0.3, 0.4) is 0 Å².